The minimum absolute atomic E-state index is 0.302. The van der Waals surface area contributed by atoms with E-state index >= 15 is 0 Å². The molecule has 0 radical (unpaired) electrons. The number of amides is 1. The van der Waals surface area contributed by atoms with Gasteiger partial charge in [-0.3, -0.25) is 14.3 Å². The Balaban J connectivity index is 1.40. The second-order valence-electron chi connectivity index (χ2n) is 12.6. The molecular formula is C31H38N6O4S. The molecule has 11 heteroatoms. The van der Waals surface area contributed by atoms with Gasteiger partial charge < -0.3 is 24.1 Å². The van der Waals surface area contributed by atoms with Gasteiger partial charge in [-0.1, -0.05) is 6.08 Å². The number of likely N-dealkylation sites (tertiary alicyclic amines) is 1. The van der Waals surface area contributed by atoms with Crippen molar-refractivity contribution in [3.8, 4) is 21.8 Å². The number of hydrogen-bond acceptors (Lipinski definition) is 7. The number of rotatable bonds is 5. The topological polar surface area (TPSA) is 99.4 Å². The molecule has 222 valence electrons. The van der Waals surface area contributed by atoms with Crippen LogP contribution in [0.25, 0.3) is 38.9 Å². The summed E-state index contributed by atoms with van der Waals surface area (Å²) in [5, 5.41) is 1.06. The van der Waals surface area contributed by atoms with Crippen LogP contribution in [0.15, 0.2) is 24.0 Å². The van der Waals surface area contributed by atoms with Crippen molar-refractivity contribution in [1.29, 1.82) is 0 Å². The van der Waals surface area contributed by atoms with Gasteiger partial charge in [-0.25, -0.2) is 9.78 Å². The molecule has 1 amide bonds. The Bertz CT molecular complexity index is 1680. The summed E-state index contributed by atoms with van der Waals surface area (Å²) in [6.07, 6.45) is 10.8. The maximum Gasteiger partial charge on any atom is 0.410 e. The van der Waals surface area contributed by atoms with Gasteiger partial charge in [-0.15, -0.1) is 11.3 Å². The Morgan fingerprint density at radius 1 is 1.29 bits per heavy atom. The lowest BCUT2D eigenvalue weighted by Crippen LogP contribution is -2.40. The van der Waals surface area contributed by atoms with Crippen LogP contribution in [0, 0.1) is 0 Å². The molecule has 1 saturated carbocycles. The number of hydrogen-bond donors (Lipinski definition) is 1. The Kier molecular flexibility index (Phi) is 6.41. The van der Waals surface area contributed by atoms with E-state index in [0.717, 1.165) is 56.8 Å². The first-order valence-corrected chi connectivity index (χ1v) is 15.5. The Morgan fingerprint density at radius 2 is 2.10 bits per heavy atom. The van der Waals surface area contributed by atoms with Gasteiger partial charge in [-0.2, -0.15) is 0 Å². The van der Waals surface area contributed by atoms with Crippen LogP contribution >= 0.6 is 11.3 Å². The SMILES string of the molecule is C/C=C\c1c(-c2c(-c3cncs3)[nH]c3ncc4c(c23)C2(CCN(C(=O)OC(C)(C)C)C2)OC4)n(C)n1C1CC(OC)C1. The molecule has 1 saturated heterocycles. The van der Waals surface area contributed by atoms with Crippen LogP contribution in [0.1, 0.15) is 69.8 Å². The third-order valence-corrected chi connectivity index (χ3v) is 9.66. The van der Waals surface area contributed by atoms with Crippen molar-refractivity contribution in [2.24, 2.45) is 7.05 Å². The molecule has 1 unspecified atom stereocenters. The molecule has 2 aliphatic heterocycles. The molecule has 3 aliphatic rings. The van der Waals surface area contributed by atoms with Gasteiger partial charge in [-0.05, 0) is 46.6 Å². The van der Waals surface area contributed by atoms with E-state index in [2.05, 4.69) is 45.5 Å². The number of thiazole rings is 1. The number of carbonyl (C=O) groups is 1. The zero-order valence-electron chi connectivity index (χ0n) is 25.1. The lowest BCUT2D eigenvalue weighted by molar-refractivity contribution is -0.0320. The first-order valence-electron chi connectivity index (χ1n) is 14.6. The summed E-state index contributed by atoms with van der Waals surface area (Å²) in [4.78, 5) is 28.9. The van der Waals surface area contributed by atoms with E-state index in [9.17, 15) is 4.79 Å². The van der Waals surface area contributed by atoms with Crippen molar-refractivity contribution in [2.45, 2.75) is 76.9 Å². The van der Waals surface area contributed by atoms with E-state index in [1.807, 2.05) is 38.7 Å². The molecule has 1 aliphatic carbocycles. The number of fused-ring (bicyclic) bond motifs is 4. The van der Waals surface area contributed by atoms with Crippen LogP contribution in [0.3, 0.4) is 0 Å². The third kappa shape index (κ3) is 4.16. The van der Waals surface area contributed by atoms with Crippen molar-refractivity contribution < 1.29 is 19.0 Å². The second-order valence-corrected chi connectivity index (χ2v) is 13.5. The second kappa shape index (κ2) is 9.82. The molecule has 1 N–H and O–H groups in total. The Morgan fingerprint density at radius 3 is 2.79 bits per heavy atom. The van der Waals surface area contributed by atoms with Crippen LogP contribution in [0.5, 0.6) is 0 Å². The van der Waals surface area contributed by atoms with E-state index in [4.69, 9.17) is 19.2 Å². The third-order valence-electron chi connectivity index (χ3n) is 8.87. The molecule has 7 rings (SSSR count). The highest BCUT2D eigenvalue weighted by Gasteiger charge is 2.50. The van der Waals surface area contributed by atoms with Crippen LogP contribution in [-0.4, -0.2) is 67.2 Å². The van der Waals surface area contributed by atoms with Gasteiger partial charge in [0.2, 0.25) is 0 Å². The Hall–Kier alpha value is -3.41. The number of aromatic nitrogens is 5. The van der Waals surface area contributed by atoms with Crippen LogP contribution < -0.4 is 0 Å². The van der Waals surface area contributed by atoms with Crippen LogP contribution in [0.4, 0.5) is 4.79 Å². The highest BCUT2D eigenvalue weighted by Crippen LogP contribution is 2.52. The average Bonchev–Trinajstić information content (AvgIpc) is 3.72. The molecule has 4 aromatic rings. The molecule has 6 heterocycles. The summed E-state index contributed by atoms with van der Waals surface area (Å²) >= 11 is 1.61. The van der Waals surface area contributed by atoms with Crippen LogP contribution in [-0.2, 0) is 33.5 Å². The number of pyridine rings is 1. The van der Waals surface area contributed by atoms with Gasteiger partial charge in [0.05, 0.1) is 52.8 Å². The van der Waals surface area contributed by atoms with Crippen molar-refractivity contribution in [2.75, 3.05) is 20.2 Å². The van der Waals surface area contributed by atoms with Gasteiger partial charge in [0.15, 0.2) is 0 Å². The summed E-state index contributed by atoms with van der Waals surface area (Å²) in [6, 6.07) is 0.391. The van der Waals surface area contributed by atoms with Crippen molar-refractivity contribution >= 4 is 34.5 Å². The fourth-order valence-corrected chi connectivity index (χ4v) is 7.56. The smallest absolute Gasteiger partial charge is 0.410 e. The van der Waals surface area contributed by atoms with E-state index in [-0.39, 0.29) is 6.09 Å². The maximum atomic E-state index is 13.1. The number of methoxy groups -OCH3 is 1. The molecule has 0 aromatic carbocycles. The van der Waals surface area contributed by atoms with Gasteiger partial charge in [0.25, 0.3) is 0 Å². The van der Waals surface area contributed by atoms with E-state index in [0.29, 0.717) is 38.3 Å². The minimum Gasteiger partial charge on any atom is -0.444 e. The highest BCUT2D eigenvalue weighted by atomic mass is 32.1. The normalized spacial score (nSPS) is 23.9. The largest absolute Gasteiger partial charge is 0.444 e. The number of aromatic amines is 1. The van der Waals surface area contributed by atoms with Gasteiger partial charge in [0, 0.05) is 61.6 Å². The Labute approximate surface area is 249 Å². The summed E-state index contributed by atoms with van der Waals surface area (Å²) < 4.78 is 22.6. The monoisotopic (exact) mass is 590 g/mol. The standard InChI is InChI=1S/C31H38N6O4S/c1-7-8-21-27(35(5)37(21)19-11-20(12-19)39-6)24-23-25-18(13-33-28(23)34-26(24)22-14-32-17-42-22)15-40-31(25)9-10-36(16-31)29(38)41-30(2,3)4/h7-8,13-14,17,19-20H,9-12,15-16H2,1-6H3,(H,33,34)/b8-7-. The minimum atomic E-state index is -0.627. The molecule has 1 atom stereocenters. The highest BCUT2D eigenvalue weighted by molar-refractivity contribution is 7.13. The summed E-state index contributed by atoms with van der Waals surface area (Å²) in [7, 11) is 3.93. The van der Waals surface area contributed by atoms with Crippen LogP contribution in [0.2, 0.25) is 0 Å². The first-order chi connectivity index (χ1) is 20.1. The molecule has 2 fully saturated rings. The van der Waals surface area contributed by atoms with Crippen molar-refractivity contribution in [1.82, 2.24) is 29.2 Å². The van der Waals surface area contributed by atoms with E-state index in [1.54, 1.807) is 23.3 Å². The number of allylic oxidation sites excluding steroid dienone is 1. The summed E-state index contributed by atoms with van der Waals surface area (Å²) in [6.45, 7) is 9.23. The number of ether oxygens (including phenoxy) is 3. The average molecular weight is 591 g/mol. The molecule has 10 nitrogen and oxygen atoms in total. The molecular weight excluding hydrogens is 552 g/mol. The predicted molar refractivity (Wildman–Crippen MR) is 162 cm³/mol. The van der Waals surface area contributed by atoms with Gasteiger partial charge in [0.1, 0.15) is 16.8 Å². The lowest BCUT2D eigenvalue weighted by Gasteiger charge is -2.42. The fourth-order valence-electron chi connectivity index (χ4n) is 6.93. The zero-order chi connectivity index (χ0) is 29.4. The molecule has 4 aromatic heterocycles. The number of nitrogens with zero attached hydrogens (tertiary/aromatic N) is 5. The summed E-state index contributed by atoms with van der Waals surface area (Å²) in [5.74, 6) is 0. The van der Waals surface area contributed by atoms with E-state index < -0.39 is 11.2 Å². The first kappa shape index (κ1) is 27.4. The predicted octanol–water partition coefficient (Wildman–Crippen LogP) is 6.24. The fraction of sp³-hybridized carbons (Fsp3) is 0.516. The van der Waals surface area contributed by atoms with Crippen molar-refractivity contribution in [3.63, 3.8) is 0 Å². The molecule has 1 spiro atoms. The summed E-state index contributed by atoms with van der Waals surface area (Å²) in [5.41, 5.74) is 8.12. The number of H-pyrrole nitrogens is 1. The lowest BCUT2D eigenvalue weighted by atomic mass is 9.86. The molecule has 42 heavy (non-hydrogen) atoms. The number of carbonyl (C=O) groups excluding carboxylic acids is 1. The number of nitrogens with one attached hydrogen (secondary N) is 1. The van der Waals surface area contributed by atoms with Crippen molar-refractivity contribution in [3.05, 3.63) is 40.8 Å². The zero-order valence-corrected chi connectivity index (χ0v) is 25.9. The quantitative estimate of drug-likeness (QED) is 0.295. The van der Waals surface area contributed by atoms with E-state index in [1.165, 1.54) is 5.69 Å². The molecule has 0 bridgehead atoms. The maximum absolute atomic E-state index is 13.1. The van der Waals surface area contributed by atoms with Gasteiger partial charge >= 0.3 is 6.09 Å².